The predicted molar refractivity (Wildman–Crippen MR) is 71.8 cm³/mol. The Morgan fingerprint density at radius 3 is 3.00 bits per heavy atom. The summed E-state index contributed by atoms with van der Waals surface area (Å²) in [6.45, 7) is 5.34. The Morgan fingerprint density at radius 2 is 2.31 bits per heavy atom. The van der Waals surface area contributed by atoms with Crippen molar-refractivity contribution in [3.05, 3.63) is 18.0 Å². The molecule has 0 radical (unpaired) electrons. The number of rotatable bonds is 8. The van der Waals surface area contributed by atoms with E-state index in [1.807, 2.05) is 22.6 Å². The molecule has 1 aromatic heterocycles. The van der Waals surface area contributed by atoms with Gasteiger partial charge >= 0.3 is 0 Å². The molecule has 0 saturated heterocycles. The van der Waals surface area contributed by atoms with Gasteiger partial charge in [0.1, 0.15) is 0 Å². The summed E-state index contributed by atoms with van der Waals surface area (Å²) in [7, 11) is 0. The lowest BCUT2D eigenvalue weighted by molar-refractivity contribution is 0.603. The number of aryl methyl sites for hydroxylation is 1. The van der Waals surface area contributed by atoms with E-state index in [4.69, 9.17) is 5.73 Å². The fraction of sp³-hybridized carbons (Fsp3) is 0.750. The number of thioether (sulfide) groups is 1. The first kappa shape index (κ1) is 13.6. The number of hydrogen-bond acceptors (Lipinski definition) is 3. The molecule has 16 heavy (non-hydrogen) atoms. The molecule has 0 aliphatic rings. The number of nitrogens with two attached hydrogens (primary N) is 1. The maximum atomic E-state index is 5.91. The minimum atomic E-state index is 0.272. The van der Waals surface area contributed by atoms with Crippen LogP contribution in [-0.2, 0) is 13.0 Å². The zero-order valence-corrected chi connectivity index (χ0v) is 11.2. The van der Waals surface area contributed by atoms with Crippen molar-refractivity contribution < 1.29 is 0 Å². The van der Waals surface area contributed by atoms with Crippen LogP contribution in [0.3, 0.4) is 0 Å². The van der Waals surface area contributed by atoms with Crippen LogP contribution in [0, 0.1) is 0 Å². The molecule has 4 heteroatoms. The minimum absolute atomic E-state index is 0.272. The van der Waals surface area contributed by atoms with E-state index in [1.54, 1.807) is 0 Å². The first-order valence-corrected chi connectivity index (χ1v) is 7.26. The van der Waals surface area contributed by atoms with Gasteiger partial charge in [-0.15, -0.1) is 0 Å². The Bertz CT molecular complexity index is 286. The van der Waals surface area contributed by atoms with E-state index in [9.17, 15) is 0 Å². The summed E-state index contributed by atoms with van der Waals surface area (Å²) in [4.78, 5) is 0. The fourth-order valence-electron chi connectivity index (χ4n) is 1.55. The Hall–Kier alpha value is -0.480. The third-order valence-electron chi connectivity index (χ3n) is 2.59. The molecular weight excluding hydrogens is 218 g/mol. The number of aromatic nitrogens is 2. The highest BCUT2D eigenvalue weighted by Gasteiger charge is 2.03. The monoisotopic (exact) mass is 241 g/mol. The number of hydrogen-bond donors (Lipinski definition) is 1. The SMILES string of the molecule is CCSCCCn1cc(CC(N)CC)cn1. The molecule has 3 nitrogen and oxygen atoms in total. The van der Waals surface area contributed by atoms with Gasteiger partial charge in [-0.1, -0.05) is 13.8 Å². The zero-order chi connectivity index (χ0) is 11.8. The molecule has 1 aromatic rings. The molecule has 0 aromatic carbocycles. The van der Waals surface area contributed by atoms with Gasteiger partial charge in [-0.05, 0) is 36.3 Å². The largest absolute Gasteiger partial charge is 0.327 e. The van der Waals surface area contributed by atoms with E-state index < -0.39 is 0 Å². The summed E-state index contributed by atoms with van der Waals surface area (Å²) >= 11 is 1.99. The van der Waals surface area contributed by atoms with Crippen molar-refractivity contribution in [2.75, 3.05) is 11.5 Å². The molecule has 92 valence electrons. The maximum absolute atomic E-state index is 5.91. The quantitative estimate of drug-likeness (QED) is 0.710. The third kappa shape index (κ3) is 5.03. The van der Waals surface area contributed by atoms with Crippen LogP contribution in [0.5, 0.6) is 0 Å². The Balaban J connectivity index is 2.28. The highest BCUT2D eigenvalue weighted by molar-refractivity contribution is 7.99. The predicted octanol–water partition coefficient (Wildman–Crippen LogP) is 2.31. The molecule has 1 rings (SSSR count). The average Bonchev–Trinajstić information content (AvgIpc) is 2.72. The summed E-state index contributed by atoms with van der Waals surface area (Å²) < 4.78 is 2.04. The summed E-state index contributed by atoms with van der Waals surface area (Å²) in [5, 5.41) is 4.35. The molecule has 0 fully saturated rings. The van der Waals surface area contributed by atoms with Crippen molar-refractivity contribution in [2.45, 2.75) is 45.7 Å². The van der Waals surface area contributed by atoms with E-state index in [-0.39, 0.29) is 6.04 Å². The van der Waals surface area contributed by atoms with Gasteiger partial charge < -0.3 is 5.73 Å². The Kier molecular flexibility index (Phi) is 6.57. The lowest BCUT2D eigenvalue weighted by Gasteiger charge is -2.05. The van der Waals surface area contributed by atoms with Crippen LogP contribution in [-0.4, -0.2) is 27.3 Å². The summed E-state index contributed by atoms with van der Waals surface area (Å²) in [5.41, 5.74) is 7.18. The van der Waals surface area contributed by atoms with Crippen molar-refractivity contribution in [3.63, 3.8) is 0 Å². The molecule has 1 atom stereocenters. The number of nitrogens with zero attached hydrogens (tertiary/aromatic N) is 2. The molecular formula is C12H23N3S. The standard InChI is InChI=1S/C12H23N3S/c1-3-12(13)8-11-9-14-15(10-11)6-5-7-16-4-2/h9-10,12H,3-8,13H2,1-2H3. The second-order valence-corrected chi connectivity index (χ2v) is 5.43. The molecule has 0 amide bonds. The van der Waals surface area contributed by atoms with Crippen LogP contribution in [0.2, 0.25) is 0 Å². The normalized spacial score (nSPS) is 12.9. The molecule has 0 aliphatic carbocycles. The molecule has 0 saturated carbocycles. The molecule has 1 heterocycles. The summed E-state index contributed by atoms with van der Waals surface area (Å²) in [6.07, 6.45) is 7.24. The Labute approximate surface area is 103 Å². The molecule has 2 N–H and O–H groups in total. The van der Waals surface area contributed by atoms with E-state index in [0.29, 0.717) is 0 Å². The van der Waals surface area contributed by atoms with E-state index in [1.165, 1.54) is 23.5 Å². The van der Waals surface area contributed by atoms with Crippen molar-refractivity contribution in [1.82, 2.24) is 9.78 Å². The second kappa shape index (κ2) is 7.74. The van der Waals surface area contributed by atoms with Gasteiger partial charge in [0.2, 0.25) is 0 Å². The van der Waals surface area contributed by atoms with Gasteiger partial charge in [0.05, 0.1) is 6.20 Å². The van der Waals surface area contributed by atoms with Gasteiger partial charge in [0, 0.05) is 18.8 Å². The van der Waals surface area contributed by atoms with Crippen LogP contribution >= 0.6 is 11.8 Å². The minimum Gasteiger partial charge on any atom is -0.327 e. The van der Waals surface area contributed by atoms with Crippen LogP contribution < -0.4 is 5.73 Å². The lowest BCUT2D eigenvalue weighted by atomic mass is 10.1. The first-order chi connectivity index (χ1) is 7.76. The van der Waals surface area contributed by atoms with E-state index >= 15 is 0 Å². The molecule has 0 aliphatic heterocycles. The van der Waals surface area contributed by atoms with Crippen molar-refractivity contribution in [3.8, 4) is 0 Å². The van der Waals surface area contributed by atoms with Crippen LogP contribution in [0.25, 0.3) is 0 Å². The fourth-order valence-corrected chi connectivity index (χ4v) is 2.18. The van der Waals surface area contributed by atoms with Crippen molar-refractivity contribution in [2.24, 2.45) is 5.73 Å². The van der Waals surface area contributed by atoms with Gasteiger partial charge in [-0.3, -0.25) is 4.68 Å². The lowest BCUT2D eigenvalue weighted by Crippen LogP contribution is -2.21. The van der Waals surface area contributed by atoms with E-state index in [0.717, 1.165) is 19.4 Å². The molecule has 0 spiro atoms. The van der Waals surface area contributed by atoms with Gasteiger partial charge in [-0.25, -0.2) is 0 Å². The van der Waals surface area contributed by atoms with Crippen LogP contribution in [0.15, 0.2) is 12.4 Å². The highest BCUT2D eigenvalue weighted by atomic mass is 32.2. The zero-order valence-electron chi connectivity index (χ0n) is 10.4. The first-order valence-electron chi connectivity index (χ1n) is 6.10. The van der Waals surface area contributed by atoms with E-state index in [2.05, 4.69) is 25.1 Å². The van der Waals surface area contributed by atoms with Gasteiger partial charge in [0.15, 0.2) is 0 Å². The Morgan fingerprint density at radius 1 is 1.50 bits per heavy atom. The smallest absolute Gasteiger partial charge is 0.0522 e. The van der Waals surface area contributed by atoms with Crippen molar-refractivity contribution in [1.29, 1.82) is 0 Å². The summed E-state index contributed by atoms with van der Waals surface area (Å²) in [6, 6.07) is 0.272. The molecule has 1 unspecified atom stereocenters. The van der Waals surface area contributed by atoms with Gasteiger partial charge in [-0.2, -0.15) is 16.9 Å². The maximum Gasteiger partial charge on any atom is 0.0522 e. The average molecular weight is 241 g/mol. The summed E-state index contributed by atoms with van der Waals surface area (Å²) in [5.74, 6) is 2.43. The van der Waals surface area contributed by atoms with Crippen LogP contribution in [0.1, 0.15) is 32.3 Å². The second-order valence-electron chi connectivity index (χ2n) is 4.03. The van der Waals surface area contributed by atoms with Crippen LogP contribution in [0.4, 0.5) is 0 Å². The highest BCUT2D eigenvalue weighted by Crippen LogP contribution is 2.06. The van der Waals surface area contributed by atoms with Gasteiger partial charge in [0.25, 0.3) is 0 Å². The topological polar surface area (TPSA) is 43.8 Å². The van der Waals surface area contributed by atoms with Crippen molar-refractivity contribution >= 4 is 11.8 Å². The molecule has 0 bridgehead atoms. The third-order valence-corrected chi connectivity index (χ3v) is 3.57.